The SMILES string of the molecule is CC(C)CC[C@H](NC(=O)C1OC1c1ccccc1)C(=O)NCCCCN=C(N)N. The van der Waals surface area contributed by atoms with Gasteiger partial charge in [0.1, 0.15) is 12.1 Å². The molecule has 3 atom stereocenters. The second-order valence-corrected chi connectivity index (χ2v) is 7.73. The third kappa shape index (κ3) is 8.11. The van der Waals surface area contributed by atoms with E-state index >= 15 is 0 Å². The molecule has 8 nitrogen and oxygen atoms in total. The predicted molar refractivity (Wildman–Crippen MR) is 113 cm³/mol. The number of nitrogens with zero attached hydrogens (tertiary/aromatic N) is 1. The van der Waals surface area contributed by atoms with Crippen molar-refractivity contribution < 1.29 is 14.3 Å². The van der Waals surface area contributed by atoms with Crippen LogP contribution in [0.3, 0.4) is 0 Å². The Hall–Kier alpha value is -2.61. The maximum atomic E-state index is 12.6. The highest BCUT2D eigenvalue weighted by Crippen LogP contribution is 2.38. The highest BCUT2D eigenvalue weighted by Gasteiger charge is 2.46. The fraction of sp³-hybridized carbons (Fsp3) is 0.571. The van der Waals surface area contributed by atoms with Crippen LogP contribution in [-0.2, 0) is 14.3 Å². The molecule has 1 saturated heterocycles. The van der Waals surface area contributed by atoms with E-state index in [1.807, 2.05) is 30.3 Å². The average Bonchev–Trinajstić information content (AvgIpc) is 3.49. The van der Waals surface area contributed by atoms with Gasteiger partial charge in [-0.25, -0.2) is 0 Å². The number of aliphatic imine (C=N–C) groups is 1. The number of benzene rings is 1. The zero-order valence-electron chi connectivity index (χ0n) is 17.3. The molecule has 0 bridgehead atoms. The molecule has 8 heteroatoms. The summed E-state index contributed by atoms with van der Waals surface area (Å²) in [6.07, 6.45) is 2.19. The zero-order valence-corrected chi connectivity index (χ0v) is 17.3. The summed E-state index contributed by atoms with van der Waals surface area (Å²) in [5.41, 5.74) is 11.5. The highest BCUT2D eigenvalue weighted by molar-refractivity contribution is 5.90. The van der Waals surface area contributed by atoms with Gasteiger partial charge < -0.3 is 26.8 Å². The van der Waals surface area contributed by atoms with Gasteiger partial charge in [-0.15, -0.1) is 0 Å². The first-order chi connectivity index (χ1) is 13.9. The van der Waals surface area contributed by atoms with E-state index in [9.17, 15) is 9.59 Å². The van der Waals surface area contributed by atoms with Gasteiger partial charge in [0.15, 0.2) is 12.1 Å². The molecule has 0 spiro atoms. The van der Waals surface area contributed by atoms with Gasteiger partial charge in [0.25, 0.3) is 5.91 Å². The number of carbonyl (C=O) groups is 2. The van der Waals surface area contributed by atoms with Crippen LogP contribution in [0.15, 0.2) is 35.3 Å². The molecule has 1 aromatic carbocycles. The molecular formula is C21H33N5O3. The van der Waals surface area contributed by atoms with Crippen LogP contribution in [0.4, 0.5) is 0 Å². The van der Waals surface area contributed by atoms with Crippen LogP contribution in [0.5, 0.6) is 0 Å². The van der Waals surface area contributed by atoms with E-state index in [1.165, 1.54) is 0 Å². The molecule has 2 rings (SSSR count). The molecule has 29 heavy (non-hydrogen) atoms. The van der Waals surface area contributed by atoms with Gasteiger partial charge in [0, 0.05) is 13.1 Å². The minimum Gasteiger partial charge on any atom is -0.370 e. The Labute approximate surface area is 172 Å². The number of rotatable bonds is 12. The lowest BCUT2D eigenvalue weighted by atomic mass is 10.0. The molecule has 1 heterocycles. The van der Waals surface area contributed by atoms with Gasteiger partial charge in [-0.1, -0.05) is 44.2 Å². The van der Waals surface area contributed by atoms with Crippen molar-refractivity contribution in [3.63, 3.8) is 0 Å². The molecule has 1 aliphatic heterocycles. The number of amides is 2. The summed E-state index contributed by atoms with van der Waals surface area (Å²) < 4.78 is 5.54. The van der Waals surface area contributed by atoms with E-state index in [2.05, 4.69) is 29.5 Å². The third-order valence-electron chi connectivity index (χ3n) is 4.72. The van der Waals surface area contributed by atoms with Crippen LogP contribution in [0.1, 0.15) is 51.2 Å². The molecule has 6 N–H and O–H groups in total. The predicted octanol–water partition coefficient (Wildman–Crippen LogP) is 1.22. The first-order valence-electron chi connectivity index (χ1n) is 10.2. The minimum absolute atomic E-state index is 0.0709. The smallest absolute Gasteiger partial charge is 0.252 e. The molecule has 0 aromatic heterocycles. The Morgan fingerprint density at radius 3 is 2.52 bits per heavy atom. The van der Waals surface area contributed by atoms with E-state index in [0.29, 0.717) is 25.4 Å². The summed E-state index contributed by atoms with van der Waals surface area (Å²) in [5.74, 6) is 0.103. The van der Waals surface area contributed by atoms with E-state index in [-0.39, 0.29) is 23.9 Å². The topological polar surface area (TPSA) is 135 Å². The van der Waals surface area contributed by atoms with E-state index in [0.717, 1.165) is 24.8 Å². The number of nitrogens with two attached hydrogens (primary N) is 2. The molecule has 1 aromatic rings. The first kappa shape index (κ1) is 22.7. The van der Waals surface area contributed by atoms with Crippen LogP contribution >= 0.6 is 0 Å². The summed E-state index contributed by atoms with van der Waals surface area (Å²) in [7, 11) is 0. The molecule has 1 aliphatic rings. The molecule has 0 radical (unpaired) electrons. The van der Waals surface area contributed by atoms with Crippen molar-refractivity contribution in [2.75, 3.05) is 13.1 Å². The maximum Gasteiger partial charge on any atom is 0.252 e. The molecule has 2 unspecified atom stereocenters. The molecular weight excluding hydrogens is 370 g/mol. The van der Waals surface area contributed by atoms with Crippen molar-refractivity contribution >= 4 is 17.8 Å². The van der Waals surface area contributed by atoms with Gasteiger partial charge in [-0.3, -0.25) is 14.6 Å². The third-order valence-corrected chi connectivity index (χ3v) is 4.72. The number of hydrogen-bond donors (Lipinski definition) is 4. The Morgan fingerprint density at radius 1 is 1.14 bits per heavy atom. The number of hydrogen-bond acceptors (Lipinski definition) is 4. The fourth-order valence-corrected chi connectivity index (χ4v) is 3.01. The summed E-state index contributed by atoms with van der Waals surface area (Å²) in [5, 5.41) is 5.77. The lowest BCUT2D eigenvalue weighted by molar-refractivity contribution is -0.129. The van der Waals surface area contributed by atoms with Crippen LogP contribution in [0, 0.1) is 5.92 Å². The van der Waals surface area contributed by atoms with Gasteiger partial charge in [-0.2, -0.15) is 0 Å². The van der Waals surface area contributed by atoms with Crippen molar-refractivity contribution in [2.24, 2.45) is 22.4 Å². The number of ether oxygens (including phenoxy) is 1. The zero-order chi connectivity index (χ0) is 21.2. The molecule has 0 saturated carbocycles. The Balaban J connectivity index is 1.81. The molecule has 1 fully saturated rings. The minimum atomic E-state index is -0.566. The monoisotopic (exact) mass is 403 g/mol. The second-order valence-electron chi connectivity index (χ2n) is 7.73. The van der Waals surface area contributed by atoms with Gasteiger partial charge >= 0.3 is 0 Å². The number of epoxide rings is 1. The normalized spacial score (nSPS) is 18.7. The molecule has 2 amide bonds. The number of unbranched alkanes of at least 4 members (excludes halogenated alkanes) is 1. The van der Waals surface area contributed by atoms with Crippen LogP contribution in [-0.4, -0.2) is 43.0 Å². The van der Waals surface area contributed by atoms with Gasteiger partial charge in [0.05, 0.1) is 0 Å². The van der Waals surface area contributed by atoms with E-state index in [1.54, 1.807) is 0 Å². The molecule has 0 aliphatic carbocycles. The number of carbonyl (C=O) groups excluding carboxylic acids is 2. The lowest BCUT2D eigenvalue weighted by Crippen LogP contribution is -2.48. The summed E-state index contributed by atoms with van der Waals surface area (Å²) in [6, 6.07) is 9.05. The quantitative estimate of drug-likeness (QED) is 0.180. The average molecular weight is 404 g/mol. The van der Waals surface area contributed by atoms with Crippen molar-refractivity contribution in [3.8, 4) is 0 Å². The Morgan fingerprint density at radius 2 is 1.86 bits per heavy atom. The standard InChI is InChI=1S/C21H33N5O3/c1-14(2)10-11-16(19(27)24-12-6-7-13-25-21(22)23)26-20(28)18-17(29-18)15-8-4-3-5-9-15/h3-5,8-9,14,16-18H,6-7,10-13H2,1-2H3,(H,24,27)(H,26,28)(H4,22,23,25)/t16-,17?,18?/m0/s1. The van der Waals surface area contributed by atoms with Crippen molar-refractivity contribution in [2.45, 2.75) is 57.8 Å². The largest absolute Gasteiger partial charge is 0.370 e. The summed E-state index contributed by atoms with van der Waals surface area (Å²) >= 11 is 0. The van der Waals surface area contributed by atoms with Crippen LogP contribution < -0.4 is 22.1 Å². The second kappa shape index (κ2) is 11.4. The maximum absolute atomic E-state index is 12.6. The number of nitrogens with one attached hydrogen (secondary N) is 2. The van der Waals surface area contributed by atoms with Gasteiger partial charge in [0.2, 0.25) is 5.91 Å². The van der Waals surface area contributed by atoms with E-state index in [4.69, 9.17) is 16.2 Å². The van der Waals surface area contributed by atoms with Crippen molar-refractivity contribution in [1.29, 1.82) is 0 Å². The Kier molecular flexibility index (Phi) is 8.92. The fourth-order valence-electron chi connectivity index (χ4n) is 3.01. The van der Waals surface area contributed by atoms with Gasteiger partial charge in [-0.05, 0) is 37.2 Å². The first-order valence-corrected chi connectivity index (χ1v) is 10.2. The van der Waals surface area contributed by atoms with Crippen LogP contribution in [0.2, 0.25) is 0 Å². The van der Waals surface area contributed by atoms with Crippen molar-refractivity contribution in [1.82, 2.24) is 10.6 Å². The highest BCUT2D eigenvalue weighted by atomic mass is 16.6. The molecule has 160 valence electrons. The van der Waals surface area contributed by atoms with E-state index < -0.39 is 12.1 Å². The summed E-state index contributed by atoms with van der Waals surface area (Å²) in [6.45, 7) is 5.23. The summed E-state index contributed by atoms with van der Waals surface area (Å²) in [4.78, 5) is 29.1. The van der Waals surface area contributed by atoms with Crippen molar-refractivity contribution in [3.05, 3.63) is 35.9 Å². The Bertz CT molecular complexity index is 689. The van der Waals surface area contributed by atoms with Crippen LogP contribution in [0.25, 0.3) is 0 Å². The lowest BCUT2D eigenvalue weighted by Gasteiger charge is -2.19. The number of guanidine groups is 1.